The van der Waals surface area contributed by atoms with Crippen LogP contribution in [0.5, 0.6) is 0 Å². The van der Waals surface area contributed by atoms with Crippen LogP contribution in [-0.2, 0) is 23.8 Å². The average molecular weight is 315 g/mol. The highest BCUT2D eigenvalue weighted by Gasteiger charge is 2.30. The molecule has 112 valence electrons. The van der Waals surface area contributed by atoms with Gasteiger partial charge in [0.25, 0.3) is 0 Å². The molecule has 21 heavy (non-hydrogen) atoms. The van der Waals surface area contributed by atoms with Crippen LogP contribution < -0.4 is 0 Å². The van der Waals surface area contributed by atoms with Gasteiger partial charge in [0.05, 0.1) is 22.7 Å². The molecule has 0 unspecified atom stereocenters. The molecule has 0 radical (unpaired) electrons. The number of halogens is 3. The lowest BCUT2D eigenvalue weighted by molar-refractivity contribution is -0.138. The Morgan fingerprint density at radius 2 is 2.10 bits per heavy atom. The molecule has 0 spiro atoms. The zero-order chi connectivity index (χ0) is 15.5. The van der Waals surface area contributed by atoms with Gasteiger partial charge in [-0.1, -0.05) is 18.2 Å². The number of hydrogen-bond donors (Lipinski definition) is 1. The van der Waals surface area contributed by atoms with Crippen LogP contribution in [0.15, 0.2) is 29.6 Å². The number of carbonyl (C=O) groups is 1. The first-order valence-electron chi connectivity index (χ1n) is 6.16. The van der Waals surface area contributed by atoms with Crippen molar-refractivity contribution in [3.8, 4) is 0 Å². The third kappa shape index (κ3) is 4.56. The van der Waals surface area contributed by atoms with Gasteiger partial charge in [-0.2, -0.15) is 13.2 Å². The van der Waals surface area contributed by atoms with Crippen LogP contribution >= 0.6 is 11.3 Å². The maximum absolute atomic E-state index is 12.6. The number of carboxylic acids is 1. The molecule has 0 saturated heterocycles. The summed E-state index contributed by atoms with van der Waals surface area (Å²) < 4.78 is 37.9. The first-order valence-corrected chi connectivity index (χ1v) is 7.04. The molecule has 0 aliphatic heterocycles. The molecule has 0 atom stereocenters. The lowest BCUT2D eigenvalue weighted by Crippen LogP contribution is -2.05. The Labute approximate surface area is 123 Å². The van der Waals surface area contributed by atoms with Gasteiger partial charge in [-0.25, -0.2) is 4.98 Å². The van der Waals surface area contributed by atoms with Crippen molar-refractivity contribution in [1.29, 1.82) is 0 Å². The number of hydrogen-bond acceptors (Lipinski definition) is 3. The van der Waals surface area contributed by atoms with Gasteiger partial charge in [0, 0.05) is 18.2 Å². The van der Waals surface area contributed by atoms with Crippen molar-refractivity contribution in [1.82, 2.24) is 4.98 Å². The third-order valence-electron chi connectivity index (χ3n) is 2.80. The Bertz CT molecular complexity index is 637. The Kier molecular flexibility index (Phi) is 4.62. The monoisotopic (exact) mass is 315 g/mol. The Hall–Kier alpha value is -1.89. The summed E-state index contributed by atoms with van der Waals surface area (Å²) in [6, 6.07) is 5.13. The van der Waals surface area contributed by atoms with E-state index < -0.39 is 17.7 Å². The van der Waals surface area contributed by atoms with Crippen LogP contribution in [-0.4, -0.2) is 16.1 Å². The van der Waals surface area contributed by atoms with E-state index in [1.807, 2.05) is 0 Å². The third-order valence-corrected chi connectivity index (χ3v) is 3.70. The van der Waals surface area contributed by atoms with Crippen LogP contribution in [0.25, 0.3) is 0 Å². The van der Waals surface area contributed by atoms with E-state index in [0.717, 1.165) is 12.1 Å². The van der Waals surface area contributed by atoms with E-state index in [9.17, 15) is 18.0 Å². The molecule has 1 aromatic carbocycles. The maximum Gasteiger partial charge on any atom is 0.416 e. The Balaban J connectivity index is 2.07. The fourth-order valence-electron chi connectivity index (χ4n) is 1.81. The summed E-state index contributed by atoms with van der Waals surface area (Å²) in [5.74, 6) is -0.901. The minimum absolute atomic E-state index is 0.00721. The van der Waals surface area contributed by atoms with Gasteiger partial charge in [0.2, 0.25) is 0 Å². The lowest BCUT2D eigenvalue weighted by atomic mass is 10.1. The molecule has 0 amide bonds. The second-order valence-electron chi connectivity index (χ2n) is 4.50. The highest BCUT2D eigenvalue weighted by molar-refractivity contribution is 7.09. The smallest absolute Gasteiger partial charge is 0.416 e. The van der Waals surface area contributed by atoms with E-state index in [-0.39, 0.29) is 6.42 Å². The van der Waals surface area contributed by atoms with Gasteiger partial charge in [0.15, 0.2) is 0 Å². The number of rotatable bonds is 5. The largest absolute Gasteiger partial charge is 0.481 e. The number of benzene rings is 1. The molecule has 1 aromatic heterocycles. The van der Waals surface area contributed by atoms with Gasteiger partial charge in [0.1, 0.15) is 0 Å². The van der Waals surface area contributed by atoms with E-state index in [2.05, 4.69) is 4.98 Å². The van der Waals surface area contributed by atoms with Gasteiger partial charge in [-0.05, 0) is 11.6 Å². The van der Waals surface area contributed by atoms with Crippen molar-refractivity contribution in [2.75, 3.05) is 0 Å². The standard InChI is InChI=1S/C14H12F3NO2S/c15-14(16,17)10-3-1-2-9(6-10)7-12-18-11(8-21-12)4-5-13(19)20/h1-3,6,8H,4-5,7H2,(H,19,20). The molecule has 2 rings (SSSR count). The summed E-state index contributed by atoms with van der Waals surface area (Å²) in [5, 5.41) is 11.0. The van der Waals surface area contributed by atoms with Crippen molar-refractivity contribution < 1.29 is 23.1 Å². The predicted octanol–water partition coefficient (Wildman–Crippen LogP) is 3.77. The topological polar surface area (TPSA) is 50.2 Å². The second-order valence-corrected chi connectivity index (χ2v) is 5.44. The summed E-state index contributed by atoms with van der Waals surface area (Å²) in [7, 11) is 0. The van der Waals surface area contributed by atoms with Crippen molar-refractivity contribution in [2.45, 2.75) is 25.4 Å². The van der Waals surface area contributed by atoms with Crippen molar-refractivity contribution in [3.63, 3.8) is 0 Å². The lowest BCUT2D eigenvalue weighted by Gasteiger charge is -2.07. The molecular weight excluding hydrogens is 303 g/mol. The molecule has 0 saturated carbocycles. The van der Waals surface area contributed by atoms with Crippen LogP contribution in [0, 0.1) is 0 Å². The molecular formula is C14H12F3NO2S. The quantitative estimate of drug-likeness (QED) is 0.914. The van der Waals surface area contributed by atoms with Gasteiger partial charge < -0.3 is 5.11 Å². The number of thiazole rings is 1. The summed E-state index contributed by atoms with van der Waals surface area (Å²) >= 11 is 1.32. The molecule has 0 bridgehead atoms. The molecule has 3 nitrogen and oxygen atoms in total. The fraction of sp³-hybridized carbons (Fsp3) is 0.286. The van der Waals surface area contributed by atoms with Crippen molar-refractivity contribution in [3.05, 3.63) is 51.5 Å². The number of aliphatic carboxylic acids is 1. The van der Waals surface area contributed by atoms with Crippen LogP contribution in [0.2, 0.25) is 0 Å². The van der Waals surface area contributed by atoms with Gasteiger partial charge >= 0.3 is 12.1 Å². The molecule has 1 heterocycles. The number of nitrogens with zero attached hydrogens (tertiary/aromatic N) is 1. The molecule has 1 N–H and O–H groups in total. The van der Waals surface area contributed by atoms with E-state index in [1.165, 1.54) is 17.4 Å². The maximum atomic E-state index is 12.6. The highest BCUT2D eigenvalue weighted by atomic mass is 32.1. The van der Waals surface area contributed by atoms with Crippen LogP contribution in [0.1, 0.15) is 28.2 Å². The van der Waals surface area contributed by atoms with Crippen molar-refractivity contribution in [2.24, 2.45) is 0 Å². The molecule has 0 aliphatic carbocycles. The van der Waals surface area contributed by atoms with Gasteiger partial charge in [-0.3, -0.25) is 4.79 Å². The zero-order valence-corrected chi connectivity index (χ0v) is 11.7. The number of alkyl halides is 3. The normalized spacial score (nSPS) is 11.6. The summed E-state index contributed by atoms with van der Waals surface area (Å²) in [5.41, 5.74) is 0.510. The Morgan fingerprint density at radius 1 is 1.33 bits per heavy atom. The highest BCUT2D eigenvalue weighted by Crippen LogP contribution is 2.30. The average Bonchev–Trinajstić information content (AvgIpc) is 2.83. The first kappa shape index (κ1) is 15.5. The second kappa shape index (κ2) is 6.26. The molecule has 0 fully saturated rings. The minimum Gasteiger partial charge on any atom is -0.481 e. The van der Waals surface area contributed by atoms with Gasteiger partial charge in [-0.15, -0.1) is 11.3 Å². The number of aromatic nitrogens is 1. The Morgan fingerprint density at radius 3 is 2.76 bits per heavy atom. The molecule has 7 heteroatoms. The fourth-order valence-corrected chi connectivity index (χ4v) is 2.67. The van der Waals surface area contributed by atoms with Crippen molar-refractivity contribution >= 4 is 17.3 Å². The summed E-state index contributed by atoms with van der Waals surface area (Å²) in [4.78, 5) is 14.7. The van der Waals surface area contributed by atoms with Crippen LogP contribution in [0.4, 0.5) is 13.2 Å². The van der Waals surface area contributed by atoms with E-state index in [0.29, 0.717) is 29.1 Å². The SMILES string of the molecule is O=C(O)CCc1csc(Cc2cccc(C(F)(F)F)c2)n1. The van der Waals surface area contributed by atoms with E-state index in [4.69, 9.17) is 5.11 Å². The first-order chi connectivity index (χ1) is 9.84. The van der Waals surface area contributed by atoms with E-state index >= 15 is 0 Å². The predicted molar refractivity (Wildman–Crippen MR) is 72.3 cm³/mol. The van der Waals surface area contributed by atoms with Crippen LogP contribution in [0.3, 0.4) is 0 Å². The molecule has 2 aromatic rings. The number of aryl methyl sites for hydroxylation is 1. The minimum atomic E-state index is -4.36. The summed E-state index contributed by atoms with van der Waals surface area (Å²) in [6.45, 7) is 0. The number of carboxylic acid groups (broad SMARTS) is 1. The zero-order valence-electron chi connectivity index (χ0n) is 10.9. The summed E-state index contributed by atoms with van der Waals surface area (Å²) in [6.07, 6.45) is -3.73. The molecule has 0 aliphatic rings. The van der Waals surface area contributed by atoms with E-state index in [1.54, 1.807) is 11.4 Å².